The predicted molar refractivity (Wildman–Crippen MR) is 110 cm³/mol. The van der Waals surface area contributed by atoms with Crippen LogP contribution in [0.3, 0.4) is 0 Å². The summed E-state index contributed by atoms with van der Waals surface area (Å²) in [6, 6.07) is 10.6. The molecule has 2 aromatic heterocycles. The minimum Gasteiger partial charge on any atom is -0.372 e. The number of carbonyl (C=O) groups excluding carboxylic acids is 1. The number of fused-ring (bicyclic) bond motifs is 1. The molecule has 0 bridgehead atoms. The van der Waals surface area contributed by atoms with E-state index in [1.165, 1.54) is 22.0 Å². The highest BCUT2D eigenvalue weighted by Gasteiger charge is 2.29. The van der Waals surface area contributed by atoms with Crippen LogP contribution in [0.4, 0.5) is 0 Å². The van der Waals surface area contributed by atoms with Gasteiger partial charge in [-0.05, 0) is 47.9 Å². The van der Waals surface area contributed by atoms with Gasteiger partial charge in [0.1, 0.15) is 0 Å². The zero-order valence-corrected chi connectivity index (χ0v) is 16.9. The Morgan fingerprint density at radius 1 is 1.22 bits per heavy atom. The molecular weight excluding hydrogens is 356 g/mol. The largest absolute Gasteiger partial charge is 0.372 e. The Balaban J connectivity index is 1.67. The van der Waals surface area contributed by atoms with E-state index in [2.05, 4.69) is 58.9 Å². The van der Waals surface area contributed by atoms with Crippen LogP contribution in [0.25, 0.3) is 10.9 Å². The van der Waals surface area contributed by atoms with Crippen LogP contribution in [0.15, 0.2) is 47.3 Å². The number of morpholine rings is 1. The van der Waals surface area contributed by atoms with Crippen LogP contribution in [0.1, 0.15) is 37.3 Å². The van der Waals surface area contributed by atoms with E-state index >= 15 is 0 Å². The first-order chi connectivity index (χ1) is 13.0. The summed E-state index contributed by atoms with van der Waals surface area (Å²) in [7, 11) is 2.07. The normalized spacial score (nSPS) is 21.5. The second-order valence-electron chi connectivity index (χ2n) is 7.58. The Labute approximate surface area is 164 Å². The topological polar surface area (TPSA) is 34.5 Å². The molecular formula is C22H26N2O2S. The molecule has 1 saturated heterocycles. The first-order valence-electron chi connectivity index (χ1n) is 9.52. The third kappa shape index (κ3) is 3.66. The van der Waals surface area contributed by atoms with Crippen LogP contribution in [0.2, 0.25) is 0 Å². The van der Waals surface area contributed by atoms with E-state index in [1.807, 2.05) is 18.7 Å². The highest BCUT2D eigenvalue weighted by Crippen LogP contribution is 2.36. The molecule has 0 radical (unpaired) electrons. The van der Waals surface area contributed by atoms with Crippen LogP contribution >= 0.6 is 11.3 Å². The van der Waals surface area contributed by atoms with Crippen molar-refractivity contribution in [2.75, 3.05) is 13.1 Å². The fourth-order valence-corrected chi connectivity index (χ4v) is 4.93. The van der Waals surface area contributed by atoms with Crippen molar-refractivity contribution >= 4 is 28.1 Å². The van der Waals surface area contributed by atoms with Crippen molar-refractivity contribution in [1.29, 1.82) is 0 Å². The van der Waals surface area contributed by atoms with Crippen molar-refractivity contribution in [3.8, 4) is 0 Å². The van der Waals surface area contributed by atoms with Gasteiger partial charge in [-0.25, -0.2) is 0 Å². The molecule has 0 spiro atoms. The Kier molecular flexibility index (Phi) is 5.06. The summed E-state index contributed by atoms with van der Waals surface area (Å²) in [6.45, 7) is 5.43. The number of aromatic nitrogens is 1. The van der Waals surface area contributed by atoms with E-state index in [1.54, 1.807) is 11.3 Å². The van der Waals surface area contributed by atoms with Gasteiger partial charge in [-0.3, -0.25) is 4.79 Å². The molecule has 0 saturated carbocycles. The molecule has 3 unspecified atom stereocenters. The highest BCUT2D eigenvalue weighted by atomic mass is 32.1. The second kappa shape index (κ2) is 7.49. The number of ether oxygens (including phenoxy) is 1. The number of rotatable bonds is 4. The fourth-order valence-electron chi connectivity index (χ4n) is 4.22. The van der Waals surface area contributed by atoms with Crippen molar-refractivity contribution in [3.05, 3.63) is 58.4 Å². The quantitative estimate of drug-likeness (QED) is 0.670. The van der Waals surface area contributed by atoms with Gasteiger partial charge in [0.25, 0.3) is 0 Å². The minimum atomic E-state index is 0.0725. The number of nitrogens with zero attached hydrogens (tertiary/aromatic N) is 2. The van der Waals surface area contributed by atoms with Gasteiger partial charge < -0.3 is 14.2 Å². The maximum atomic E-state index is 13.2. The summed E-state index contributed by atoms with van der Waals surface area (Å²) >= 11 is 1.69. The Bertz CT molecular complexity index is 921. The number of aryl methyl sites for hydroxylation is 1. The van der Waals surface area contributed by atoms with Crippen molar-refractivity contribution in [1.82, 2.24) is 9.47 Å². The van der Waals surface area contributed by atoms with E-state index in [0.717, 1.165) is 0 Å². The Morgan fingerprint density at radius 2 is 1.96 bits per heavy atom. The lowest BCUT2D eigenvalue weighted by atomic mass is 9.89. The molecule has 1 fully saturated rings. The van der Waals surface area contributed by atoms with E-state index in [0.29, 0.717) is 19.5 Å². The number of hydrogen-bond acceptors (Lipinski definition) is 3. The summed E-state index contributed by atoms with van der Waals surface area (Å²) in [5.74, 6) is 0.282. The summed E-state index contributed by atoms with van der Waals surface area (Å²) in [5.41, 5.74) is 3.65. The van der Waals surface area contributed by atoms with Gasteiger partial charge in [-0.2, -0.15) is 11.3 Å². The molecule has 0 N–H and O–H groups in total. The zero-order chi connectivity index (χ0) is 19.0. The van der Waals surface area contributed by atoms with Crippen LogP contribution in [0.5, 0.6) is 0 Å². The van der Waals surface area contributed by atoms with E-state index < -0.39 is 0 Å². The third-order valence-electron chi connectivity index (χ3n) is 5.40. The predicted octanol–water partition coefficient (Wildman–Crippen LogP) is 4.40. The van der Waals surface area contributed by atoms with Crippen LogP contribution in [-0.4, -0.2) is 40.7 Å². The Morgan fingerprint density at radius 3 is 2.67 bits per heavy atom. The lowest BCUT2D eigenvalue weighted by molar-refractivity contribution is -0.143. The van der Waals surface area contributed by atoms with E-state index in [4.69, 9.17) is 4.74 Å². The average Bonchev–Trinajstić information content (AvgIpc) is 3.28. The van der Waals surface area contributed by atoms with Crippen molar-refractivity contribution < 1.29 is 9.53 Å². The van der Waals surface area contributed by atoms with Gasteiger partial charge in [0.05, 0.1) is 12.2 Å². The molecule has 3 atom stereocenters. The molecule has 1 aliphatic rings. The van der Waals surface area contributed by atoms with Gasteiger partial charge in [-0.1, -0.05) is 18.2 Å². The minimum absolute atomic E-state index is 0.0725. The standard InChI is InChI=1S/C22H26N2O2S/c1-15-11-24(12-16(2)26-15)22(25)10-19(17-8-9-27-14-17)20-13-23(3)21-7-5-4-6-18(20)21/h4-9,13-16,19H,10-12H2,1-3H3. The van der Waals surface area contributed by atoms with E-state index in [9.17, 15) is 4.79 Å². The zero-order valence-electron chi connectivity index (χ0n) is 16.1. The van der Waals surface area contributed by atoms with Crippen molar-refractivity contribution in [3.63, 3.8) is 0 Å². The van der Waals surface area contributed by atoms with Crippen LogP contribution < -0.4 is 0 Å². The molecule has 4 nitrogen and oxygen atoms in total. The molecule has 27 heavy (non-hydrogen) atoms. The summed E-state index contributed by atoms with van der Waals surface area (Å²) < 4.78 is 7.95. The van der Waals surface area contributed by atoms with Gasteiger partial charge in [-0.15, -0.1) is 0 Å². The smallest absolute Gasteiger partial charge is 0.223 e. The van der Waals surface area contributed by atoms with Gasteiger partial charge in [0.15, 0.2) is 0 Å². The second-order valence-corrected chi connectivity index (χ2v) is 8.36. The lowest BCUT2D eigenvalue weighted by Gasteiger charge is -2.36. The summed E-state index contributed by atoms with van der Waals surface area (Å²) in [6.07, 6.45) is 2.86. The van der Waals surface area contributed by atoms with Crippen LogP contribution in [0, 0.1) is 0 Å². The van der Waals surface area contributed by atoms with Gasteiger partial charge >= 0.3 is 0 Å². The molecule has 1 amide bonds. The number of benzene rings is 1. The fraction of sp³-hybridized carbons (Fsp3) is 0.409. The molecule has 3 heterocycles. The summed E-state index contributed by atoms with van der Waals surface area (Å²) in [5, 5.41) is 5.49. The lowest BCUT2D eigenvalue weighted by Crippen LogP contribution is -2.48. The summed E-state index contributed by atoms with van der Waals surface area (Å²) in [4.78, 5) is 15.2. The van der Waals surface area contributed by atoms with Crippen molar-refractivity contribution in [2.24, 2.45) is 7.05 Å². The number of para-hydroxylation sites is 1. The first kappa shape index (κ1) is 18.3. The van der Waals surface area contributed by atoms with Gasteiger partial charge in [0.2, 0.25) is 5.91 Å². The highest BCUT2D eigenvalue weighted by molar-refractivity contribution is 7.08. The Hall–Kier alpha value is -2.11. The molecule has 1 aromatic carbocycles. The number of hydrogen-bond donors (Lipinski definition) is 0. The van der Waals surface area contributed by atoms with Crippen molar-refractivity contribution in [2.45, 2.75) is 38.4 Å². The molecule has 3 aromatic rings. The maximum Gasteiger partial charge on any atom is 0.223 e. The first-order valence-corrected chi connectivity index (χ1v) is 10.5. The molecule has 0 aliphatic carbocycles. The van der Waals surface area contributed by atoms with E-state index in [-0.39, 0.29) is 24.0 Å². The van der Waals surface area contributed by atoms with Gasteiger partial charge in [0, 0.05) is 49.6 Å². The maximum absolute atomic E-state index is 13.2. The third-order valence-corrected chi connectivity index (χ3v) is 6.10. The SMILES string of the molecule is CC1CN(C(=O)CC(c2ccsc2)c2cn(C)c3ccccc23)CC(C)O1. The average molecular weight is 383 g/mol. The number of amides is 1. The number of thiophene rings is 1. The monoisotopic (exact) mass is 382 g/mol. The number of carbonyl (C=O) groups is 1. The molecule has 1 aliphatic heterocycles. The molecule has 142 valence electrons. The molecule has 4 rings (SSSR count). The van der Waals surface area contributed by atoms with Crippen LogP contribution in [-0.2, 0) is 16.6 Å². The molecule has 5 heteroatoms.